The molecule has 1 fully saturated rings. The van der Waals surface area contributed by atoms with Crippen molar-refractivity contribution in [1.29, 1.82) is 0 Å². The average Bonchev–Trinajstić information content (AvgIpc) is 2.63. The Morgan fingerprint density at radius 1 is 1.04 bits per heavy atom. The van der Waals surface area contributed by atoms with Crippen LogP contribution < -0.4 is 9.80 Å². The van der Waals surface area contributed by atoms with Crippen LogP contribution in [-0.4, -0.2) is 51.2 Å². The number of quaternary nitrogens is 1. The molecule has 2 aliphatic heterocycles. The Labute approximate surface area is 159 Å². The molecule has 0 atom stereocenters. The zero-order valence-corrected chi connectivity index (χ0v) is 16.2. The van der Waals surface area contributed by atoms with Crippen LogP contribution in [0.1, 0.15) is 6.42 Å². The summed E-state index contributed by atoms with van der Waals surface area (Å²) < 4.78 is 0. The highest BCUT2D eigenvalue weighted by atomic mass is 35.5. The molecule has 2 aromatic carbocycles. The van der Waals surface area contributed by atoms with Gasteiger partial charge in [-0.3, -0.25) is 4.90 Å². The largest absolute Gasteiger partial charge is 0.339 e. The standard InChI is InChI=1S/C20H24ClN3S/c1-22-11-13-23(14-12-22)9-4-10-24-17-5-2-3-6-19(17)25-20-8-7-16(21)15-18(20)24/h2-3,5-8,15H,4,9-14H2,1H3/p+1. The zero-order valence-electron chi connectivity index (χ0n) is 14.7. The minimum Gasteiger partial charge on any atom is -0.339 e. The van der Waals surface area contributed by atoms with Gasteiger partial charge in [0, 0.05) is 40.9 Å². The molecular formula is C20H25ClN3S+. The van der Waals surface area contributed by atoms with Crippen molar-refractivity contribution < 1.29 is 4.90 Å². The van der Waals surface area contributed by atoms with Crippen molar-refractivity contribution in [1.82, 2.24) is 4.90 Å². The van der Waals surface area contributed by atoms with Gasteiger partial charge in [-0.1, -0.05) is 35.5 Å². The maximum Gasteiger partial charge on any atom is 0.0900 e. The van der Waals surface area contributed by atoms with E-state index in [1.807, 2.05) is 17.8 Å². The lowest BCUT2D eigenvalue weighted by atomic mass is 10.2. The van der Waals surface area contributed by atoms with Gasteiger partial charge in [-0.25, -0.2) is 0 Å². The van der Waals surface area contributed by atoms with E-state index in [1.54, 1.807) is 4.90 Å². The summed E-state index contributed by atoms with van der Waals surface area (Å²) in [5, 5.41) is 0.813. The van der Waals surface area contributed by atoms with Crippen LogP contribution in [0.5, 0.6) is 0 Å². The first kappa shape index (κ1) is 17.2. The van der Waals surface area contributed by atoms with E-state index >= 15 is 0 Å². The van der Waals surface area contributed by atoms with Crippen LogP contribution >= 0.6 is 23.4 Å². The summed E-state index contributed by atoms with van der Waals surface area (Å²) in [6.07, 6.45) is 1.20. The molecule has 0 amide bonds. The van der Waals surface area contributed by atoms with Gasteiger partial charge in [0.05, 0.1) is 31.0 Å². The summed E-state index contributed by atoms with van der Waals surface area (Å²) in [5.74, 6) is 0. The predicted octanol–water partition coefficient (Wildman–Crippen LogP) is 3.16. The van der Waals surface area contributed by atoms with E-state index in [2.05, 4.69) is 53.2 Å². The number of rotatable bonds is 4. The van der Waals surface area contributed by atoms with Gasteiger partial charge < -0.3 is 9.80 Å². The van der Waals surface area contributed by atoms with Crippen LogP contribution in [0.25, 0.3) is 0 Å². The van der Waals surface area contributed by atoms with Crippen molar-refractivity contribution >= 4 is 34.7 Å². The second-order valence-corrected chi connectivity index (χ2v) is 8.51. The summed E-state index contributed by atoms with van der Waals surface area (Å²) in [7, 11) is 2.22. The SMILES string of the molecule is CN1CC[NH+](CCCN2c3ccccc3Sc3ccc(Cl)cc32)CC1. The number of piperazine rings is 1. The molecule has 25 heavy (non-hydrogen) atoms. The second kappa shape index (κ2) is 7.58. The summed E-state index contributed by atoms with van der Waals surface area (Å²) in [6.45, 7) is 7.27. The molecule has 2 heterocycles. The van der Waals surface area contributed by atoms with Gasteiger partial charge in [0.2, 0.25) is 0 Å². The third-order valence-corrected chi connectivity index (χ3v) is 6.56. The van der Waals surface area contributed by atoms with E-state index in [1.165, 1.54) is 60.3 Å². The molecule has 0 saturated carbocycles. The van der Waals surface area contributed by atoms with Crippen LogP contribution in [-0.2, 0) is 0 Å². The van der Waals surface area contributed by atoms with Crippen LogP contribution in [0.4, 0.5) is 11.4 Å². The summed E-state index contributed by atoms with van der Waals surface area (Å²) in [6, 6.07) is 15.0. The van der Waals surface area contributed by atoms with Gasteiger partial charge >= 0.3 is 0 Å². The lowest BCUT2D eigenvalue weighted by Gasteiger charge is -2.34. The number of anilines is 2. The number of fused-ring (bicyclic) bond motifs is 2. The number of nitrogens with one attached hydrogen (secondary N) is 1. The molecule has 0 spiro atoms. The molecule has 1 N–H and O–H groups in total. The van der Waals surface area contributed by atoms with E-state index in [0.717, 1.165) is 11.6 Å². The molecular weight excluding hydrogens is 350 g/mol. The Balaban J connectivity index is 1.49. The van der Waals surface area contributed by atoms with Crippen LogP contribution in [0.2, 0.25) is 5.02 Å². The van der Waals surface area contributed by atoms with Gasteiger partial charge in [0.25, 0.3) is 0 Å². The molecule has 2 aliphatic rings. The van der Waals surface area contributed by atoms with Crippen molar-refractivity contribution in [3.05, 3.63) is 47.5 Å². The first-order valence-electron chi connectivity index (χ1n) is 9.07. The summed E-state index contributed by atoms with van der Waals surface area (Å²) in [5.41, 5.74) is 2.57. The molecule has 1 saturated heterocycles. The first-order chi connectivity index (χ1) is 12.2. The normalized spacial score (nSPS) is 18.1. The van der Waals surface area contributed by atoms with Crippen molar-refractivity contribution in [3.8, 4) is 0 Å². The number of hydrogen-bond donors (Lipinski definition) is 1. The van der Waals surface area contributed by atoms with Crippen molar-refractivity contribution in [2.75, 3.05) is 51.2 Å². The van der Waals surface area contributed by atoms with Gasteiger partial charge in [-0.2, -0.15) is 0 Å². The monoisotopic (exact) mass is 374 g/mol. The molecule has 0 radical (unpaired) electrons. The fraction of sp³-hybridized carbons (Fsp3) is 0.400. The van der Waals surface area contributed by atoms with E-state index in [9.17, 15) is 0 Å². The fourth-order valence-electron chi connectivity index (χ4n) is 3.72. The first-order valence-corrected chi connectivity index (χ1v) is 10.3. The second-order valence-electron chi connectivity index (χ2n) is 6.99. The van der Waals surface area contributed by atoms with Crippen LogP contribution in [0, 0.1) is 0 Å². The smallest absolute Gasteiger partial charge is 0.0900 e. The number of halogens is 1. The topological polar surface area (TPSA) is 10.9 Å². The minimum absolute atomic E-state index is 0.813. The van der Waals surface area contributed by atoms with Crippen LogP contribution in [0.15, 0.2) is 52.3 Å². The molecule has 0 aromatic heterocycles. The Bertz CT molecular complexity index is 743. The quantitative estimate of drug-likeness (QED) is 0.882. The highest BCUT2D eigenvalue weighted by Crippen LogP contribution is 2.48. The minimum atomic E-state index is 0.813. The van der Waals surface area contributed by atoms with Gasteiger partial charge in [0.15, 0.2) is 0 Å². The number of hydrogen-bond acceptors (Lipinski definition) is 3. The van der Waals surface area contributed by atoms with Crippen molar-refractivity contribution in [2.45, 2.75) is 16.2 Å². The third kappa shape index (κ3) is 3.82. The number of likely N-dealkylation sites (N-methyl/N-ethyl adjacent to an activating group) is 1. The Morgan fingerprint density at radius 3 is 2.64 bits per heavy atom. The summed E-state index contributed by atoms with van der Waals surface area (Å²) in [4.78, 5) is 9.27. The predicted molar refractivity (Wildman–Crippen MR) is 107 cm³/mol. The molecule has 0 unspecified atom stereocenters. The Hall–Kier alpha value is -1.20. The van der Waals surface area contributed by atoms with Crippen LogP contribution in [0.3, 0.4) is 0 Å². The molecule has 3 nitrogen and oxygen atoms in total. The third-order valence-electron chi connectivity index (χ3n) is 5.19. The average molecular weight is 375 g/mol. The molecule has 0 aliphatic carbocycles. The van der Waals surface area contributed by atoms with E-state index < -0.39 is 0 Å². The van der Waals surface area contributed by atoms with E-state index in [4.69, 9.17) is 11.6 Å². The van der Waals surface area contributed by atoms with Gasteiger partial charge in [0.1, 0.15) is 0 Å². The molecule has 0 bridgehead atoms. The Kier molecular flexibility index (Phi) is 5.23. The molecule has 4 rings (SSSR count). The summed E-state index contributed by atoms with van der Waals surface area (Å²) >= 11 is 8.14. The van der Waals surface area contributed by atoms with E-state index in [0.29, 0.717) is 0 Å². The van der Waals surface area contributed by atoms with Gasteiger partial charge in [-0.15, -0.1) is 0 Å². The lowest BCUT2D eigenvalue weighted by Crippen LogP contribution is -3.14. The Morgan fingerprint density at radius 2 is 1.80 bits per heavy atom. The number of benzene rings is 2. The molecule has 2 aromatic rings. The fourth-order valence-corrected chi connectivity index (χ4v) is 4.96. The zero-order chi connectivity index (χ0) is 17.2. The molecule has 5 heteroatoms. The van der Waals surface area contributed by atoms with Gasteiger partial charge in [-0.05, 0) is 37.4 Å². The number of para-hydroxylation sites is 1. The van der Waals surface area contributed by atoms with E-state index in [-0.39, 0.29) is 0 Å². The maximum absolute atomic E-state index is 6.29. The highest BCUT2D eigenvalue weighted by Gasteiger charge is 2.24. The number of nitrogens with zero attached hydrogens (tertiary/aromatic N) is 2. The molecule has 132 valence electrons. The highest BCUT2D eigenvalue weighted by molar-refractivity contribution is 7.99. The van der Waals surface area contributed by atoms with Crippen molar-refractivity contribution in [3.63, 3.8) is 0 Å². The maximum atomic E-state index is 6.29. The lowest BCUT2D eigenvalue weighted by molar-refractivity contribution is -0.904. The van der Waals surface area contributed by atoms with Crippen molar-refractivity contribution in [2.24, 2.45) is 0 Å².